The van der Waals surface area contributed by atoms with E-state index in [-0.39, 0.29) is 5.41 Å². The fourth-order valence-corrected chi connectivity index (χ4v) is 6.59. The van der Waals surface area contributed by atoms with Crippen LogP contribution in [0.3, 0.4) is 0 Å². The summed E-state index contributed by atoms with van der Waals surface area (Å²) in [7, 11) is 0. The highest BCUT2D eigenvalue weighted by Gasteiger charge is 2.60. The Morgan fingerprint density at radius 1 is 1.11 bits per heavy atom. The molecule has 3 aliphatic rings. The van der Waals surface area contributed by atoms with E-state index < -0.39 is 5.60 Å². The fraction of sp³-hybridized carbons (Fsp3) is 0.480. The van der Waals surface area contributed by atoms with Gasteiger partial charge in [0.15, 0.2) is 0 Å². The number of nitrogens with zero attached hydrogens (tertiary/aromatic N) is 1. The third-order valence-corrected chi connectivity index (χ3v) is 8.14. The maximum atomic E-state index is 11.7. The highest BCUT2D eigenvalue weighted by Crippen LogP contribution is 2.64. The van der Waals surface area contributed by atoms with Crippen LogP contribution in [0.5, 0.6) is 5.75 Å². The minimum absolute atomic E-state index is 0.0755. The van der Waals surface area contributed by atoms with E-state index in [4.69, 9.17) is 0 Å². The molecule has 5 rings (SSSR count). The van der Waals surface area contributed by atoms with Gasteiger partial charge in [0.25, 0.3) is 0 Å². The minimum atomic E-state index is -0.755. The fourth-order valence-electron chi connectivity index (χ4n) is 6.59. The second-order valence-electron chi connectivity index (χ2n) is 9.31. The molecule has 1 heterocycles. The monoisotopic (exact) mass is 375 g/mol. The Labute approximate surface area is 167 Å². The van der Waals surface area contributed by atoms with Crippen molar-refractivity contribution in [1.29, 1.82) is 0 Å². The van der Waals surface area contributed by atoms with Crippen LogP contribution in [0.2, 0.25) is 0 Å². The first-order valence-electron chi connectivity index (χ1n) is 10.6. The van der Waals surface area contributed by atoms with E-state index in [0.717, 1.165) is 37.8 Å². The Hall–Kier alpha value is -2.13. The lowest BCUT2D eigenvalue weighted by Gasteiger charge is -2.52. The Morgan fingerprint density at radius 2 is 2.00 bits per heavy atom. The van der Waals surface area contributed by atoms with Crippen molar-refractivity contribution in [1.82, 2.24) is 4.98 Å². The van der Waals surface area contributed by atoms with Crippen LogP contribution in [-0.2, 0) is 6.42 Å². The highest BCUT2D eigenvalue weighted by molar-refractivity contribution is 5.47. The van der Waals surface area contributed by atoms with Gasteiger partial charge in [-0.25, -0.2) is 0 Å². The van der Waals surface area contributed by atoms with E-state index in [1.165, 1.54) is 17.5 Å². The molecule has 2 aromatic rings. The summed E-state index contributed by atoms with van der Waals surface area (Å²) in [6.45, 7) is 2.32. The predicted molar refractivity (Wildman–Crippen MR) is 111 cm³/mol. The highest BCUT2D eigenvalue weighted by atomic mass is 16.3. The molecular weight excluding hydrogens is 346 g/mol. The molecule has 0 amide bonds. The van der Waals surface area contributed by atoms with Gasteiger partial charge < -0.3 is 10.2 Å². The first-order valence-corrected chi connectivity index (χ1v) is 10.6. The summed E-state index contributed by atoms with van der Waals surface area (Å²) in [6.07, 6.45) is 12.1. The molecule has 0 spiro atoms. The molecule has 3 aliphatic carbocycles. The first kappa shape index (κ1) is 17.9. The topological polar surface area (TPSA) is 53.4 Å². The maximum Gasteiger partial charge on any atom is 0.115 e. The summed E-state index contributed by atoms with van der Waals surface area (Å²) in [5, 5.41) is 21.5. The van der Waals surface area contributed by atoms with Gasteiger partial charge in [-0.1, -0.05) is 25.1 Å². The molecule has 2 saturated carbocycles. The van der Waals surface area contributed by atoms with Crippen molar-refractivity contribution in [3.8, 4) is 5.75 Å². The number of hydrogen-bond acceptors (Lipinski definition) is 3. The number of benzene rings is 1. The zero-order valence-electron chi connectivity index (χ0n) is 16.5. The molecule has 1 aromatic heterocycles. The molecule has 28 heavy (non-hydrogen) atoms. The van der Waals surface area contributed by atoms with Gasteiger partial charge in [-0.05, 0) is 97.7 Å². The van der Waals surface area contributed by atoms with Gasteiger partial charge in [0.1, 0.15) is 5.75 Å². The lowest BCUT2D eigenvalue weighted by atomic mass is 9.53. The third kappa shape index (κ3) is 2.63. The van der Waals surface area contributed by atoms with Gasteiger partial charge in [0, 0.05) is 11.6 Å². The molecular formula is C25H29NO2. The molecule has 2 N–H and O–H groups in total. The van der Waals surface area contributed by atoms with Crippen LogP contribution in [0.4, 0.5) is 0 Å². The molecule has 0 bridgehead atoms. The van der Waals surface area contributed by atoms with E-state index >= 15 is 0 Å². The largest absolute Gasteiger partial charge is 0.508 e. The van der Waals surface area contributed by atoms with Crippen molar-refractivity contribution in [2.75, 3.05) is 0 Å². The van der Waals surface area contributed by atoms with Gasteiger partial charge in [-0.15, -0.1) is 0 Å². The summed E-state index contributed by atoms with van der Waals surface area (Å²) in [6, 6.07) is 11.8. The summed E-state index contributed by atoms with van der Waals surface area (Å²) in [5.41, 5.74) is 2.84. The molecule has 2 fully saturated rings. The van der Waals surface area contributed by atoms with Crippen molar-refractivity contribution in [2.24, 2.45) is 17.3 Å². The summed E-state index contributed by atoms with van der Waals surface area (Å²) < 4.78 is 0. The van der Waals surface area contributed by atoms with Crippen LogP contribution >= 0.6 is 0 Å². The number of phenols is 1. The number of rotatable bonds is 2. The van der Waals surface area contributed by atoms with Gasteiger partial charge in [0.05, 0.1) is 11.3 Å². The number of hydrogen-bond donors (Lipinski definition) is 2. The number of phenolic OH excluding ortho intramolecular Hbond substituents is 1. The SMILES string of the molecule is C[C@]12CCC3c4ccc(O)cc4CCC3C1CC[C@@]2(O)/C=C/c1ccccn1. The van der Waals surface area contributed by atoms with Crippen LogP contribution in [0.1, 0.15) is 61.8 Å². The Balaban J connectivity index is 1.44. The Morgan fingerprint density at radius 3 is 2.82 bits per heavy atom. The molecule has 3 heteroatoms. The molecule has 5 atom stereocenters. The lowest BCUT2D eigenvalue weighted by Crippen LogP contribution is -2.49. The van der Waals surface area contributed by atoms with Crippen molar-refractivity contribution in [3.05, 3.63) is 65.5 Å². The van der Waals surface area contributed by atoms with Gasteiger partial charge >= 0.3 is 0 Å². The van der Waals surface area contributed by atoms with Crippen LogP contribution in [0, 0.1) is 17.3 Å². The van der Waals surface area contributed by atoms with Crippen molar-refractivity contribution < 1.29 is 10.2 Å². The normalized spacial score (nSPS) is 36.7. The quantitative estimate of drug-likeness (QED) is 0.769. The lowest BCUT2D eigenvalue weighted by molar-refractivity contribution is -0.0705. The second-order valence-corrected chi connectivity index (χ2v) is 9.31. The number of aliphatic hydroxyl groups is 1. The maximum absolute atomic E-state index is 11.7. The van der Waals surface area contributed by atoms with Crippen LogP contribution in [0.15, 0.2) is 48.7 Å². The average Bonchev–Trinajstić information content (AvgIpc) is 2.98. The molecule has 3 unspecified atom stereocenters. The van der Waals surface area contributed by atoms with Gasteiger partial charge in [-0.2, -0.15) is 0 Å². The Kier molecular flexibility index (Phi) is 4.13. The summed E-state index contributed by atoms with van der Waals surface area (Å²) >= 11 is 0. The van der Waals surface area contributed by atoms with Crippen LogP contribution < -0.4 is 0 Å². The zero-order valence-corrected chi connectivity index (χ0v) is 16.5. The number of aromatic nitrogens is 1. The zero-order chi connectivity index (χ0) is 19.4. The Bertz CT molecular complexity index is 908. The minimum Gasteiger partial charge on any atom is -0.508 e. The molecule has 1 aromatic carbocycles. The molecule has 146 valence electrons. The van der Waals surface area contributed by atoms with Gasteiger partial charge in [0.2, 0.25) is 0 Å². The number of fused-ring (bicyclic) bond motifs is 5. The van der Waals surface area contributed by atoms with Crippen molar-refractivity contribution >= 4 is 6.08 Å². The average molecular weight is 376 g/mol. The number of pyridine rings is 1. The molecule has 0 radical (unpaired) electrons. The smallest absolute Gasteiger partial charge is 0.115 e. The molecule has 3 nitrogen and oxygen atoms in total. The van der Waals surface area contributed by atoms with E-state index in [0.29, 0.717) is 23.5 Å². The van der Waals surface area contributed by atoms with Crippen molar-refractivity contribution in [3.63, 3.8) is 0 Å². The summed E-state index contributed by atoms with van der Waals surface area (Å²) in [5.74, 6) is 2.14. The van der Waals surface area contributed by atoms with E-state index in [2.05, 4.69) is 18.0 Å². The standard InChI is InChI=1S/C25H29NO2/c1-24-12-10-21-20-8-6-19(27)16-17(20)5-7-22(21)23(24)11-14-25(24,28)13-9-18-4-2-3-15-26-18/h2-4,6,8-9,13,15-16,21-23,27-28H,5,7,10-12,14H2,1H3/b13-9+/t21?,22?,23?,24-,25-/m0/s1. The molecule has 0 aliphatic heterocycles. The summed E-state index contributed by atoms with van der Waals surface area (Å²) in [4.78, 5) is 4.38. The second kappa shape index (κ2) is 6.45. The van der Waals surface area contributed by atoms with Crippen molar-refractivity contribution in [2.45, 2.75) is 57.0 Å². The predicted octanol–water partition coefficient (Wildman–Crippen LogP) is 5.09. The first-order chi connectivity index (χ1) is 13.5. The third-order valence-electron chi connectivity index (χ3n) is 8.14. The molecule has 0 saturated heterocycles. The van der Waals surface area contributed by atoms with E-state index in [9.17, 15) is 10.2 Å². The van der Waals surface area contributed by atoms with E-state index in [1.54, 1.807) is 6.20 Å². The van der Waals surface area contributed by atoms with E-state index in [1.807, 2.05) is 42.5 Å². The van der Waals surface area contributed by atoms with Crippen LogP contribution in [-0.4, -0.2) is 20.8 Å². The van der Waals surface area contributed by atoms with Gasteiger partial charge in [-0.3, -0.25) is 4.98 Å². The number of aryl methyl sites for hydroxylation is 1. The van der Waals surface area contributed by atoms with Crippen LogP contribution in [0.25, 0.3) is 6.08 Å². The number of aromatic hydroxyl groups is 1.